The number of ketones is 1. The van der Waals surface area contributed by atoms with Crippen LogP contribution in [0.2, 0.25) is 0 Å². The van der Waals surface area contributed by atoms with Gasteiger partial charge in [-0.2, -0.15) is 0 Å². The number of ether oxygens (including phenoxy) is 2. The second-order valence-electron chi connectivity index (χ2n) is 7.50. The van der Waals surface area contributed by atoms with E-state index in [1.807, 2.05) is 23.1 Å². The molecule has 0 aliphatic carbocycles. The van der Waals surface area contributed by atoms with E-state index in [0.717, 1.165) is 31.2 Å². The number of rotatable bonds is 9. The summed E-state index contributed by atoms with van der Waals surface area (Å²) in [4.78, 5) is 26.7. The number of nitrogens with zero attached hydrogens (tertiary/aromatic N) is 1. The summed E-state index contributed by atoms with van der Waals surface area (Å²) in [5, 5.41) is 9.70. The number of hydrogen-bond acceptors (Lipinski definition) is 5. The fourth-order valence-electron chi connectivity index (χ4n) is 4.33. The number of carbonyl (C=O) groups is 2. The SMILES string of the molecule is CCCC(CCC)C(=O)CN1CCC(C(=O)O)C1c1ccc2c(c1)OCO2. The molecule has 1 saturated heterocycles. The van der Waals surface area contributed by atoms with Crippen molar-refractivity contribution in [2.24, 2.45) is 11.8 Å². The Morgan fingerprint density at radius 2 is 1.89 bits per heavy atom. The van der Waals surface area contributed by atoms with E-state index in [-0.39, 0.29) is 24.5 Å². The zero-order valence-electron chi connectivity index (χ0n) is 16.1. The van der Waals surface area contributed by atoms with Gasteiger partial charge in [0.25, 0.3) is 0 Å². The second-order valence-corrected chi connectivity index (χ2v) is 7.50. The average Bonchev–Trinajstić information content (AvgIpc) is 3.27. The molecule has 1 aromatic rings. The van der Waals surface area contributed by atoms with E-state index in [0.29, 0.717) is 31.0 Å². The van der Waals surface area contributed by atoms with Gasteiger partial charge in [-0.3, -0.25) is 14.5 Å². The minimum absolute atomic E-state index is 0.0706. The summed E-state index contributed by atoms with van der Waals surface area (Å²) >= 11 is 0. The van der Waals surface area contributed by atoms with Crippen molar-refractivity contribution in [3.05, 3.63) is 23.8 Å². The van der Waals surface area contributed by atoms with E-state index < -0.39 is 11.9 Å². The Kier molecular flexibility index (Phi) is 6.37. The number of carboxylic acids is 1. The Bertz CT molecular complexity index is 683. The quantitative estimate of drug-likeness (QED) is 0.710. The zero-order chi connectivity index (χ0) is 19.4. The lowest BCUT2D eigenvalue weighted by atomic mass is 9.91. The molecule has 0 saturated carbocycles. The number of aliphatic carboxylic acids is 1. The maximum Gasteiger partial charge on any atom is 0.308 e. The molecule has 1 N–H and O–H groups in total. The number of hydrogen-bond donors (Lipinski definition) is 1. The molecular formula is C21H29NO5. The minimum Gasteiger partial charge on any atom is -0.481 e. The molecule has 2 unspecified atom stereocenters. The molecule has 2 aliphatic heterocycles. The van der Waals surface area contributed by atoms with Gasteiger partial charge in [0.05, 0.1) is 12.5 Å². The van der Waals surface area contributed by atoms with Gasteiger partial charge in [0.1, 0.15) is 5.78 Å². The molecule has 0 bridgehead atoms. The molecule has 0 spiro atoms. The topological polar surface area (TPSA) is 76.1 Å². The number of carbonyl (C=O) groups excluding carboxylic acids is 1. The molecule has 3 rings (SSSR count). The number of carboxylic acid groups (broad SMARTS) is 1. The highest BCUT2D eigenvalue weighted by molar-refractivity contribution is 5.83. The Labute approximate surface area is 160 Å². The fraction of sp³-hybridized carbons (Fsp3) is 0.619. The Hall–Kier alpha value is -2.08. The van der Waals surface area contributed by atoms with Gasteiger partial charge in [0, 0.05) is 18.5 Å². The number of fused-ring (bicyclic) bond motifs is 1. The third kappa shape index (κ3) is 4.26. The highest BCUT2D eigenvalue weighted by Gasteiger charge is 2.41. The first-order chi connectivity index (χ1) is 13.0. The summed E-state index contributed by atoms with van der Waals surface area (Å²) in [5.74, 6) is 0.291. The summed E-state index contributed by atoms with van der Waals surface area (Å²) < 4.78 is 10.8. The van der Waals surface area contributed by atoms with E-state index >= 15 is 0 Å². The van der Waals surface area contributed by atoms with Crippen molar-refractivity contribution in [1.82, 2.24) is 4.90 Å². The number of likely N-dealkylation sites (tertiary alicyclic amines) is 1. The van der Waals surface area contributed by atoms with Crippen LogP contribution in [0.25, 0.3) is 0 Å². The monoisotopic (exact) mass is 375 g/mol. The Balaban J connectivity index is 1.81. The Morgan fingerprint density at radius 3 is 2.56 bits per heavy atom. The highest BCUT2D eigenvalue weighted by Crippen LogP contribution is 2.42. The van der Waals surface area contributed by atoms with Crippen LogP contribution in [0.3, 0.4) is 0 Å². The van der Waals surface area contributed by atoms with Crippen molar-refractivity contribution in [2.45, 2.75) is 52.0 Å². The smallest absolute Gasteiger partial charge is 0.308 e. The molecule has 6 nitrogen and oxygen atoms in total. The molecule has 0 radical (unpaired) electrons. The molecule has 2 aliphatic rings. The van der Waals surface area contributed by atoms with Crippen LogP contribution in [-0.2, 0) is 9.59 Å². The molecule has 2 heterocycles. The van der Waals surface area contributed by atoms with E-state index in [2.05, 4.69) is 13.8 Å². The van der Waals surface area contributed by atoms with E-state index in [9.17, 15) is 14.7 Å². The maximum absolute atomic E-state index is 12.9. The molecule has 6 heteroatoms. The van der Waals surface area contributed by atoms with Gasteiger partial charge in [-0.1, -0.05) is 32.8 Å². The van der Waals surface area contributed by atoms with Crippen LogP contribution < -0.4 is 9.47 Å². The number of benzene rings is 1. The maximum atomic E-state index is 12.9. The average molecular weight is 375 g/mol. The fourth-order valence-corrected chi connectivity index (χ4v) is 4.33. The lowest BCUT2D eigenvalue weighted by Gasteiger charge is -2.28. The van der Waals surface area contributed by atoms with Gasteiger partial charge in [-0.15, -0.1) is 0 Å². The van der Waals surface area contributed by atoms with Crippen LogP contribution in [0, 0.1) is 11.8 Å². The van der Waals surface area contributed by atoms with Gasteiger partial charge in [0.15, 0.2) is 11.5 Å². The first-order valence-electron chi connectivity index (χ1n) is 9.94. The summed E-state index contributed by atoms with van der Waals surface area (Å²) in [6, 6.07) is 5.27. The molecular weight excluding hydrogens is 346 g/mol. The number of Topliss-reactive ketones (excluding diaryl/α,β-unsaturated/α-hetero) is 1. The van der Waals surface area contributed by atoms with Gasteiger partial charge < -0.3 is 14.6 Å². The van der Waals surface area contributed by atoms with Crippen LogP contribution in [0.15, 0.2) is 18.2 Å². The first kappa shape index (κ1) is 19.7. The third-order valence-corrected chi connectivity index (χ3v) is 5.65. The van der Waals surface area contributed by atoms with Crippen molar-refractivity contribution in [3.8, 4) is 11.5 Å². The predicted octanol–water partition coefficient (Wildman–Crippen LogP) is 3.65. The van der Waals surface area contributed by atoms with Crippen LogP contribution in [0.4, 0.5) is 0 Å². The van der Waals surface area contributed by atoms with Crippen molar-refractivity contribution in [3.63, 3.8) is 0 Å². The zero-order valence-corrected chi connectivity index (χ0v) is 16.1. The predicted molar refractivity (Wildman–Crippen MR) is 101 cm³/mol. The van der Waals surface area contributed by atoms with Crippen molar-refractivity contribution >= 4 is 11.8 Å². The van der Waals surface area contributed by atoms with Crippen molar-refractivity contribution < 1.29 is 24.2 Å². The van der Waals surface area contributed by atoms with Gasteiger partial charge in [-0.05, 0) is 37.0 Å². The second kappa shape index (κ2) is 8.74. The van der Waals surface area contributed by atoms with Gasteiger partial charge in [0.2, 0.25) is 6.79 Å². The van der Waals surface area contributed by atoms with Gasteiger partial charge in [-0.25, -0.2) is 0 Å². The lowest BCUT2D eigenvalue weighted by molar-refractivity contribution is -0.143. The molecule has 0 amide bonds. The Morgan fingerprint density at radius 1 is 1.19 bits per heavy atom. The molecule has 27 heavy (non-hydrogen) atoms. The highest BCUT2D eigenvalue weighted by atomic mass is 16.7. The van der Waals surface area contributed by atoms with Crippen LogP contribution in [0.1, 0.15) is 57.6 Å². The summed E-state index contributed by atoms with van der Waals surface area (Å²) in [6.07, 6.45) is 4.32. The van der Waals surface area contributed by atoms with Crippen molar-refractivity contribution in [1.29, 1.82) is 0 Å². The van der Waals surface area contributed by atoms with Crippen molar-refractivity contribution in [2.75, 3.05) is 19.9 Å². The van der Waals surface area contributed by atoms with Crippen LogP contribution in [0.5, 0.6) is 11.5 Å². The van der Waals surface area contributed by atoms with E-state index in [1.54, 1.807) is 0 Å². The normalized spacial score (nSPS) is 21.7. The third-order valence-electron chi connectivity index (χ3n) is 5.65. The lowest BCUT2D eigenvalue weighted by Crippen LogP contribution is -2.35. The van der Waals surface area contributed by atoms with Crippen LogP contribution >= 0.6 is 0 Å². The van der Waals surface area contributed by atoms with Gasteiger partial charge >= 0.3 is 5.97 Å². The molecule has 1 aromatic carbocycles. The van der Waals surface area contributed by atoms with E-state index in [4.69, 9.17) is 9.47 Å². The summed E-state index contributed by atoms with van der Waals surface area (Å²) in [6.45, 7) is 5.31. The minimum atomic E-state index is -0.814. The summed E-state index contributed by atoms with van der Waals surface area (Å²) in [7, 11) is 0. The molecule has 0 aromatic heterocycles. The first-order valence-corrected chi connectivity index (χ1v) is 9.94. The summed E-state index contributed by atoms with van der Waals surface area (Å²) in [5.41, 5.74) is 0.875. The standard InChI is InChI=1S/C21H29NO5/c1-3-5-14(6-4-2)17(23)12-22-10-9-16(21(24)25)20(22)15-7-8-18-19(11-15)27-13-26-18/h7-8,11,14,16,20H,3-6,9-10,12-13H2,1-2H3,(H,24,25). The molecule has 148 valence electrons. The van der Waals surface area contributed by atoms with E-state index in [1.165, 1.54) is 0 Å². The molecule has 1 fully saturated rings. The largest absolute Gasteiger partial charge is 0.481 e. The van der Waals surface area contributed by atoms with Crippen LogP contribution in [-0.4, -0.2) is 41.6 Å². The molecule has 2 atom stereocenters.